The van der Waals surface area contributed by atoms with E-state index in [1.165, 1.54) is 0 Å². The molecule has 1 N–H and O–H groups in total. The van der Waals surface area contributed by atoms with Crippen LogP contribution in [0.3, 0.4) is 0 Å². The molecule has 0 spiro atoms. The van der Waals surface area contributed by atoms with E-state index in [4.69, 9.17) is 0 Å². The number of piperazine rings is 1. The summed E-state index contributed by atoms with van der Waals surface area (Å²) >= 11 is 0. The fraction of sp³-hybridized carbons (Fsp3) is 0.387. The van der Waals surface area contributed by atoms with Crippen LogP contribution in [-0.2, 0) is 5.54 Å². The minimum absolute atomic E-state index is 0.0787. The Kier molecular flexibility index (Phi) is 7.58. The van der Waals surface area contributed by atoms with Gasteiger partial charge in [-0.2, -0.15) is 0 Å². The largest absolute Gasteiger partial charge is 0.341 e. The lowest BCUT2D eigenvalue weighted by molar-refractivity contribution is -0.00122. The molecular weight excluding hydrogens is 463 g/mol. The van der Waals surface area contributed by atoms with Crippen molar-refractivity contribution in [3.63, 3.8) is 0 Å². The molecule has 0 saturated carbocycles. The van der Waals surface area contributed by atoms with Crippen molar-refractivity contribution in [1.82, 2.24) is 20.0 Å². The molecule has 1 atom stereocenters. The van der Waals surface area contributed by atoms with Gasteiger partial charge < -0.3 is 15.1 Å². The monoisotopic (exact) mass is 500 g/mol. The summed E-state index contributed by atoms with van der Waals surface area (Å²) in [5, 5.41) is 2.90. The molecule has 0 aliphatic carbocycles. The Balaban J connectivity index is 1.63. The van der Waals surface area contributed by atoms with Crippen molar-refractivity contribution < 1.29 is 9.18 Å². The molecule has 2 heterocycles. The number of hydrogen-bond acceptors (Lipinski definition) is 3. The van der Waals surface area contributed by atoms with Gasteiger partial charge in [0.25, 0.3) is 0 Å². The van der Waals surface area contributed by atoms with E-state index < -0.39 is 5.54 Å². The van der Waals surface area contributed by atoms with E-state index in [-0.39, 0.29) is 17.9 Å². The lowest BCUT2D eigenvalue weighted by atomic mass is 9.77. The van der Waals surface area contributed by atoms with Crippen LogP contribution in [0.15, 0.2) is 84.9 Å². The summed E-state index contributed by atoms with van der Waals surface area (Å²) in [4.78, 5) is 20.4. The van der Waals surface area contributed by atoms with Crippen molar-refractivity contribution in [2.24, 2.45) is 5.92 Å². The zero-order chi connectivity index (χ0) is 25.8. The van der Waals surface area contributed by atoms with Crippen molar-refractivity contribution in [1.29, 1.82) is 0 Å². The molecule has 37 heavy (non-hydrogen) atoms. The quantitative estimate of drug-likeness (QED) is 0.529. The number of hydrogen-bond donors (Lipinski definition) is 1. The van der Waals surface area contributed by atoms with Crippen LogP contribution in [0.25, 0.3) is 0 Å². The Morgan fingerprint density at radius 3 is 1.97 bits per heavy atom. The maximum Gasteiger partial charge on any atom is 0.318 e. The molecule has 194 valence electrons. The molecule has 1 unspecified atom stereocenters. The first-order valence-corrected chi connectivity index (χ1v) is 13.3. The number of rotatable bonds is 5. The topological polar surface area (TPSA) is 38.8 Å². The lowest BCUT2D eigenvalue weighted by Crippen LogP contribution is -2.64. The average molecular weight is 501 g/mol. The van der Waals surface area contributed by atoms with E-state index in [0.29, 0.717) is 19.0 Å². The van der Waals surface area contributed by atoms with E-state index in [9.17, 15) is 9.18 Å². The van der Waals surface area contributed by atoms with Gasteiger partial charge in [0.1, 0.15) is 11.4 Å². The first-order chi connectivity index (χ1) is 18.0. The van der Waals surface area contributed by atoms with Gasteiger partial charge in [0.2, 0.25) is 0 Å². The molecule has 3 aromatic carbocycles. The summed E-state index contributed by atoms with van der Waals surface area (Å²) in [6.07, 6.45) is 2.19. The number of benzene rings is 3. The molecule has 2 saturated heterocycles. The highest BCUT2D eigenvalue weighted by atomic mass is 19.1. The SMILES string of the molecule is CNC(=O)N1CCN(C(c2ccc(F)cc2)C2CCN(C)CC2)CC1(c1ccccc1)c1ccccc1. The summed E-state index contributed by atoms with van der Waals surface area (Å²) < 4.78 is 14.0. The molecule has 5 rings (SSSR count). The van der Waals surface area contributed by atoms with Gasteiger partial charge in [-0.1, -0.05) is 72.8 Å². The molecule has 6 heteroatoms. The third kappa shape index (κ3) is 5.00. The lowest BCUT2D eigenvalue weighted by Gasteiger charge is -2.54. The molecule has 2 aliphatic heterocycles. The second kappa shape index (κ2) is 11.0. The normalized spacial score (nSPS) is 19.9. The Morgan fingerprint density at radius 2 is 1.43 bits per heavy atom. The third-order valence-corrected chi connectivity index (χ3v) is 8.28. The maximum absolute atomic E-state index is 14.0. The number of amides is 2. The van der Waals surface area contributed by atoms with E-state index in [1.807, 2.05) is 29.2 Å². The summed E-state index contributed by atoms with van der Waals surface area (Å²) in [5.74, 6) is 0.246. The standard InChI is InChI=1S/C31H37FN4O/c1-33-30(37)36-22-21-35(23-31(36,26-9-5-3-6-10-26)27-11-7-4-8-12-27)29(24-13-15-28(32)16-14-24)25-17-19-34(2)20-18-25/h3-16,25,29H,17-23H2,1-2H3,(H,33,37). The van der Waals surface area contributed by atoms with Crippen molar-refractivity contribution in [2.45, 2.75) is 24.4 Å². The zero-order valence-electron chi connectivity index (χ0n) is 21.8. The molecular formula is C31H37FN4O. The molecule has 2 fully saturated rings. The van der Waals surface area contributed by atoms with Gasteiger partial charge in [-0.3, -0.25) is 4.90 Å². The Bertz CT molecular complexity index is 1120. The van der Waals surface area contributed by atoms with Crippen LogP contribution in [0.4, 0.5) is 9.18 Å². The van der Waals surface area contributed by atoms with E-state index in [1.54, 1.807) is 19.2 Å². The van der Waals surface area contributed by atoms with Gasteiger partial charge in [0.15, 0.2) is 0 Å². The first kappa shape index (κ1) is 25.4. The number of carbonyl (C=O) groups is 1. The number of nitrogens with one attached hydrogen (secondary N) is 1. The van der Waals surface area contributed by atoms with Gasteiger partial charge >= 0.3 is 6.03 Å². The van der Waals surface area contributed by atoms with Crippen LogP contribution in [0.5, 0.6) is 0 Å². The minimum Gasteiger partial charge on any atom is -0.341 e. The molecule has 2 amide bonds. The van der Waals surface area contributed by atoms with Gasteiger partial charge in [-0.05, 0) is 67.7 Å². The summed E-state index contributed by atoms with van der Waals surface area (Å²) in [6.45, 7) is 4.12. The fourth-order valence-corrected chi connectivity index (χ4v) is 6.40. The van der Waals surface area contributed by atoms with Crippen LogP contribution in [-0.4, -0.2) is 67.5 Å². The van der Waals surface area contributed by atoms with Gasteiger partial charge in [0.05, 0.1) is 0 Å². The predicted molar refractivity (Wildman–Crippen MR) is 146 cm³/mol. The third-order valence-electron chi connectivity index (χ3n) is 8.28. The smallest absolute Gasteiger partial charge is 0.318 e. The number of halogens is 1. The van der Waals surface area contributed by atoms with Gasteiger partial charge in [0, 0.05) is 32.7 Å². The zero-order valence-corrected chi connectivity index (χ0v) is 21.8. The van der Waals surface area contributed by atoms with Crippen LogP contribution < -0.4 is 5.32 Å². The Labute approximate surface area is 219 Å². The highest BCUT2D eigenvalue weighted by Crippen LogP contribution is 2.44. The second-order valence-corrected chi connectivity index (χ2v) is 10.4. The molecule has 3 aromatic rings. The van der Waals surface area contributed by atoms with Gasteiger partial charge in [-0.15, -0.1) is 0 Å². The van der Waals surface area contributed by atoms with Crippen LogP contribution >= 0.6 is 0 Å². The fourth-order valence-electron chi connectivity index (χ4n) is 6.40. The molecule has 0 bridgehead atoms. The maximum atomic E-state index is 14.0. The van der Waals surface area contributed by atoms with E-state index in [0.717, 1.165) is 49.2 Å². The number of urea groups is 1. The van der Waals surface area contributed by atoms with Crippen molar-refractivity contribution in [3.05, 3.63) is 107 Å². The molecule has 0 radical (unpaired) electrons. The van der Waals surface area contributed by atoms with Crippen LogP contribution in [0, 0.1) is 11.7 Å². The van der Waals surface area contributed by atoms with Crippen LogP contribution in [0.2, 0.25) is 0 Å². The summed E-state index contributed by atoms with van der Waals surface area (Å²) in [6, 6.07) is 27.9. The van der Waals surface area contributed by atoms with E-state index in [2.05, 4.69) is 70.7 Å². The highest BCUT2D eigenvalue weighted by molar-refractivity contribution is 5.76. The van der Waals surface area contributed by atoms with Gasteiger partial charge in [-0.25, -0.2) is 9.18 Å². The Morgan fingerprint density at radius 1 is 0.865 bits per heavy atom. The highest BCUT2D eigenvalue weighted by Gasteiger charge is 2.49. The molecule has 5 nitrogen and oxygen atoms in total. The van der Waals surface area contributed by atoms with Crippen molar-refractivity contribution in [3.8, 4) is 0 Å². The second-order valence-electron chi connectivity index (χ2n) is 10.4. The predicted octanol–water partition coefficient (Wildman–Crippen LogP) is 5.11. The molecule has 2 aliphatic rings. The number of nitrogens with zero attached hydrogens (tertiary/aromatic N) is 3. The van der Waals surface area contributed by atoms with Crippen molar-refractivity contribution in [2.75, 3.05) is 46.8 Å². The minimum atomic E-state index is -0.662. The number of likely N-dealkylation sites (tertiary alicyclic amines) is 1. The van der Waals surface area contributed by atoms with Crippen molar-refractivity contribution >= 4 is 6.03 Å². The molecule has 0 aromatic heterocycles. The average Bonchev–Trinajstić information content (AvgIpc) is 2.95. The Hall–Kier alpha value is -3.22. The van der Waals surface area contributed by atoms with E-state index >= 15 is 0 Å². The summed E-state index contributed by atoms with van der Waals surface area (Å²) in [5.41, 5.74) is 2.68. The number of piperidine rings is 1. The number of carbonyl (C=O) groups excluding carboxylic acids is 1. The summed E-state index contributed by atoms with van der Waals surface area (Å²) in [7, 11) is 3.89. The first-order valence-electron chi connectivity index (χ1n) is 13.3. The van der Waals surface area contributed by atoms with Crippen LogP contribution in [0.1, 0.15) is 35.6 Å².